The van der Waals surface area contributed by atoms with Crippen LogP contribution in [0.3, 0.4) is 0 Å². The zero-order valence-corrected chi connectivity index (χ0v) is 18.0. The number of carbonyl (C=O) groups excluding carboxylic acids is 2. The van der Waals surface area contributed by atoms with E-state index in [0.29, 0.717) is 20.8 Å². The second kappa shape index (κ2) is 9.67. The third-order valence-corrected chi connectivity index (χ3v) is 5.91. The fraction of sp³-hybridized carbons (Fsp3) is 0.238. The van der Waals surface area contributed by atoms with Crippen molar-refractivity contribution in [3.8, 4) is 5.75 Å². The van der Waals surface area contributed by atoms with Crippen molar-refractivity contribution in [2.45, 2.75) is 31.2 Å². The van der Waals surface area contributed by atoms with Crippen molar-refractivity contribution in [2.24, 2.45) is 0 Å². The van der Waals surface area contributed by atoms with Gasteiger partial charge in [0.2, 0.25) is 5.13 Å². The molecule has 0 saturated carbocycles. The summed E-state index contributed by atoms with van der Waals surface area (Å²) < 4.78 is 6.36. The highest BCUT2D eigenvalue weighted by Gasteiger charge is 2.18. The molecule has 1 N–H and O–H groups in total. The van der Waals surface area contributed by atoms with Crippen LogP contribution in [0.4, 0.5) is 5.13 Å². The molecule has 0 aliphatic rings. The summed E-state index contributed by atoms with van der Waals surface area (Å²) in [7, 11) is 0. The highest BCUT2D eigenvalue weighted by molar-refractivity contribution is 8.01. The number of anilines is 1. The van der Waals surface area contributed by atoms with Gasteiger partial charge in [-0.2, -0.15) is 0 Å². The van der Waals surface area contributed by atoms with Gasteiger partial charge in [-0.25, -0.2) is 0 Å². The Balaban J connectivity index is 1.52. The largest absolute Gasteiger partial charge is 0.481 e. The summed E-state index contributed by atoms with van der Waals surface area (Å²) in [5.74, 6) is 0.626. The number of carbonyl (C=O) groups is 2. The van der Waals surface area contributed by atoms with Crippen LogP contribution in [0.5, 0.6) is 5.75 Å². The average molecular weight is 428 g/mol. The molecule has 6 nitrogen and oxygen atoms in total. The lowest BCUT2D eigenvalue weighted by Crippen LogP contribution is -2.30. The number of hydrogen-bond acceptors (Lipinski definition) is 7. The lowest BCUT2D eigenvalue weighted by Gasteiger charge is -2.14. The summed E-state index contributed by atoms with van der Waals surface area (Å²) in [5, 5.41) is 11.1. The fourth-order valence-electron chi connectivity index (χ4n) is 2.62. The van der Waals surface area contributed by atoms with E-state index in [-0.39, 0.29) is 17.4 Å². The zero-order valence-electron chi connectivity index (χ0n) is 16.3. The number of ketones is 1. The fourth-order valence-corrected chi connectivity index (χ4v) is 4.27. The van der Waals surface area contributed by atoms with Gasteiger partial charge in [-0.15, -0.1) is 10.2 Å². The molecule has 3 aromatic rings. The Hall–Kier alpha value is -2.71. The van der Waals surface area contributed by atoms with E-state index in [1.54, 1.807) is 19.1 Å². The quantitative estimate of drug-likeness (QED) is 0.323. The van der Waals surface area contributed by atoms with Crippen LogP contribution in [0.2, 0.25) is 0 Å². The maximum absolute atomic E-state index is 12.4. The van der Waals surface area contributed by atoms with Crippen LogP contribution >= 0.6 is 23.1 Å². The molecule has 29 heavy (non-hydrogen) atoms. The molecule has 0 saturated heterocycles. The molecule has 1 unspecified atom stereocenters. The van der Waals surface area contributed by atoms with E-state index in [1.807, 2.05) is 50.2 Å². The van der Waals surface area contributed by atoms with Crippen LogP contribution in [-0.2, 0) is 4.79 Å². The first-order valence-electron chi connectivity index (χ1n) is 9.01. The monoisotopic (exact) mass is 427 g/mol. The minimum Gasteiger partial charge on any atom is -0.481 e. The van der Waals surface area contributed by atoms with Gasteiger partial charge in [0.05, 0.1) is 5.75 Å². The molecule has 8 heteroatoms. The number of aromatic nitrogens is 2. The second-order valence-corrected chi connectivity index (χ2v) is 8.72. The first-order valence-corrected chi connectivity index (χ1v) is 10.8. The maximum Gasteiger partial charge on any atom is 0.266 e. The van der Waals surface area contributed by atoms with Gasteiger partial charge in [-0.1, -0.05) is 59.5 Å². The minimum atomic E-state index is -0.684. The normalized spacial score (nSPS) is 11.7. The van der Waals surface area contributed by atoms with E-state index in [4.69, 9.17) is 4.74 Å². The summed E-state index contributed by atoms with van der Waals surface area (Å²) >= 11 is 2.53. The molecule has 0 aliphatic carbocycles. The third-order valence-electron chi connectivity index (χ3n) is 3.94. The second-order valence-electron chi connectivity index (χ2n) is 6.52. The standard InChI is InChI=1S/C21H21N3O3S2/c1-13-9-14(2)11-17(10-13)27-15(3)19(26)22-20-23-24-21(29-20)28-12-18(25)16-7-5-4-6-8-16/h4-11,15H,12H2,1-3H3,(H,22,23,26). The molecule has 1 heterocycles. The zero-order chi connectivity index (χ0) is 20.8. The Morgan fingerprint density at radius 3 is 2.48 bits per heavy atom. The van der Waals surface area contributed by atoms with Gasteiger partial charge in [0.15, 0.2) is 16.2 Å². The van der Waals surface area contributed by atoms with Gasteiger partial charge in [-0.05, 0) is 44.0 Å². The first kappa shape index (κ1) is 21.0. The van der Waals surface area contributed by atoms with E-state index in [9.17, 15) is 9.59 Å². The van der Waals surface area contributed by atoms with Crippen molar-refractivity contribution in [1.29, 1.82) is 0 Å². The summed E-state index contributed by atoms with van der Waals surface area (Å²) in [6, 6.07) is 14.9. The first-order chi connectivity index (χ1) is 13.9. The maximum atomic E-state index is 12.4. The van der Waals surface area contributed by atoms with Crippen LogP contribution in [0.15, 0.2) is 52.9 Å². The van der Waals surface area contributed by atoms with Crippen LogP contribution in [0.25, 0.3) is 0 Å². The molecule has 1 aromatic heterocycles. The van der Waals surface area contributed by atoms with Crippen LogP contribution in [0, 0.1) is 13.8 Å². The molecule has 2 aromatic carbocycles. The summed E-state index contributed by atoms with van der Waals surface area (Å²) in [4.78, 5) is 24.6. The van der Waals surface area contributed by atoms with Crippen molar-refractivity contribution in [3.63, 3.8) is 0 Å². The topological polar surface area (TPSA) is 81.2 Å². The molecule has 0 spiro atoms. The van der Waals surface area contributed by atoms with Crippen LogP contribution in [0.1, 0.15) is 28.4 Å². The number of nitrogens with zero attached hydrogens (tertiary/aromatic N) is 2. The van der Waals surface area contributed by atoms with E-state index in [2.05, 4.69) is 15.5 Å². The number of amides is 1. The number of rotatable bonds is 8. The van der Waals surface area contributed by atoms with E-state index in [1.165, 1.54) is 23.1 Å². The Morgan fingerprint density at radius 1 is 1.10 bits per heavy atom. The Labute approximate surface area is 177 Å². The van der Waals surface area contributed by atoms with Crippen molar-refractivity contribution < 1.29 is 14.3 Å². The summed E-state index contributed by atoms with van der Waals surface area (Å²) in [6.07, 6.45) is -0.684. The van der Waals surface area contributed by atoms with Gasteiger partial charge < -0.3 is 4.74 Å². The lowest BCUT2D eigenvalue weighted by molar-refractivity contribution is -0.122. The molecule has 3 rings (SSSR count). The van der Waals surface area contributed by atoms with Crippen molar-refractivity contribution in [3.05, 3.63) is 65.2 Å². The molecule has 1 amide bonds. The van der Waals surface area contributed by atoms with E-state index >= 15 is 0 Å². The van der Waals surface area contributed by atoms with E-state index < -0.39 is 6.10 Å². The van der Waals surface area contributed by atoms with Gasteiger partial charge in [0, 0.05) is 5.56 Å². The smallest absolute Gasteiger partial charge is 0.266 e. The van der Waals surface area contributed by atoms with Crippen LogP contribution in [-0.4, -0.2) is 33.7 Å². The van der Waals surface area contributed by atoms with Crippen LogP contribution < -0.4 is 10.1 Å². The number of thioether (sulfide) groups is 1. The molecule has 0 bridgehead atoms. The molecule has 150 valence electrons. The summed E-state index contributed by atoms with van der Waals surface area (Å²) in [6.45, 7) is 5.64. The van der Waals surface area contributed by atoms with Crippen molar-refractivity contribution in [2.75, 3.05) is 11.1 Å². The predicted octanol–water partition coefficient (Wildman–Crippen LogP) is 4.54. The molecule has 1 atom stereocenters. The Morgan fingerprint density at radius 2 is 1.79 bits per heavy atom. The predicted molar refractivity (Wildman–Crippen MR) is 116 cm³/mol. The number of aryl methyl sites for hydroxylation is 2. The molecule has 0 aliphatic heterocycles. The Kier molecular flexibility index (Phi) is 7.00. The highest BCUT2D eigenvalue weighted by Crippen LogP contribution is 2.26. The summed E-state index contributed by atoms with van der Waals surface area (Å²) in [5.41, 5.74) is 2.81. The highest BCUT2D eigenvalue weighted by atomic mass is 32.2. The minimum absolute atomic E-state index is 0.0202. The number of ether oxygens (including phenoxy) is 1. The van der Waals surface area contributed by atoms with Gasteiger partial charge in [0.25, 0.3) is 5.91 Å². The van der Waals surface area contributed by atoms with E-state index in [0.717, 1.165) is 11.1 Å². The third kappa shape index (κ3) is 6.13. The van der Waals surface area contributed by atoms with Crippen molar-refractivity contribution in [1.82, 2.24) is 10.2 Å². The lowest BCUT2D eigenvalue weighted by atomic mass is 10.1. The molecular formula is C21H21N3O3S2. The molecular weight excluding hydrogens is 406 g/mol. The molecule has 0 radical (unpaired) electrons. The van der Waals surface area contributed by atoms with Gasteiger partial charge in [0.1, 0.15) is 5.75 Å². The van der Waals surface area contributed by atoms with Gasteiger partial charge >= 0.3 is 0 Å². The SMILES string of the molecule is Cc1cc(C)cc(OC(C)C(=O)Nc2nnc(SCC(=O)c3ccccc3)s2)c1. The number of Topliss-reactive ketones (excluding diaryl/α,β-unsaturated/α-hetero) is 1. The number of hydrogen-bond donors (Lipinski definition) is 1. The Bertz CT molecular complexity index is 985. The average Bonchev–Trinajstić information content (AvgIpc) is 3.13. The van der Waals surface area contributed by atoms with Crippen molar-refractivity contribution >= 4 is 39.9 Å². The number of benzene rings is 2. The van der Waals surface area contributed by atoms with Gasteiger partial charge in [-0.3, -0.25) is 14.9 Å². The molecule has 0 fully saturated rings. The number of nitrogens with one attached hydrogen (secondary N) is 1.